The SMILES string of the molecule is CC(C)C[C@H](Nc1nc(-c2cc(-c3ccon3)n(Cc3ccccc3F)n2)ncc1F)C(=O)O. The van der Waals surface area contributed by atoms with E-state index in [1.165, 1.54) is 17.0 Å². The van der Waals surface area contributed by atoms with Gasteiger partial charge in [0.1, 0.15) is 29.5 Å². The first-order valence-electron chi connectivity index (χ1n) is 10.6. The van der Waals surface area contributed by atoms with Crippen LogP contribution in [0.1, 0.15) is 25.8 Å². The molecule has 0 aliphatic rings. The highest BCUT2D eigenvalue weighted by Gasteiger charge is 2.23. The van der Waals surface area contributed by atoms with Crippen LogP contribution in [-0.4, -0.2) is 42.0 Å². The van der Waals surface area contributed by atoms with Gasteiger partial charge < -0.3 is 14.9 Å². The number of halogens is 2. The minimum Gasteiger partial charge on any atom is -0.480 e. The number of carbonyl (C=O) groups is 1. The minimum atomic E-state index is -1.12. The molecule has 0 aliphatic heterocycles. The number of hydrogen-bond acceptors (Lipinski definition) is 7. The van der Waals surface area contributed by atoms with Crippen molar-refractivity contribution in [3.63, 3.8) is 0 Å². The maximum absolute atomic E-state index is 14.4. The van der Waals surface area contributed by atoms with Crippen molar-refractivity contribution in [2.45, 2.75) is 32.9 Å². The Bertz CT molecular complexity index is 1290. The lowest BCUT2D eigenvalue weighted by Gasteiger charge is -2.17. The summed E-state index contributed by atoms with van der Waals surface area (Å²) in [5.41, 5.74) is 1.64. The topological polar surface area (TPSA) is 119 Å². The van der Waals surface area contributed by atoms with E-state index in [0.29, 0.717) is 17.0 Å². The normalized spacial score (nSPS) is 12.1. The number of rotatable bonds is 9. The molecule has 34 heavy (non-hydrogen) atoms. The average molecular weight is 468 g/mol. The predicted molar refractivity (Wildman–Crippen MR) is 119 cm³/mol. The Kier molecular flexibility index (Phi) is 6.62. The highest BCUT2D eigenvalue weighted by atomic mass is 19.1. The first kappa shape index (κ1) is 23.0. The molecule has 0 unspecified atom stereocenters. The van der Waals surface area contributed by atoms with Crippen molar-refractivity contribution < 1.29 is 23.2 Å². The van der Waals surface area contributed by atoms with E-state index >= 15 is 0 Å². The van der Waals surface area contributed by atoms with Crippen LogP contribution in [0.3, 0.4) is 0 Å². The molecule has 0 spiro atoms. The van der Waals surface area contributed by atoms with Crippen LogP contribution in [0.15, 0.2) is 53.4 Å². The molecule has 0 saturated carbocycles. The van der Waals surface area contributed by atoms with Crippen molar-refractivity contribution in [2.24, 2.45) is 5.92 Å². The standard InChI is InChI=1S/C23H22F2N6O3/c1-13(2)9-19(23(32)33)27-21-16(25)11-26-22(28-21)18-10-20(17-7-8-34-30-17)31(29-18)12-14-5-3-4-6-15(14)24/h3-8,10-11,13,19H,9,12H2,1-2H3,(H,32,33)(H,26,27,28)/t19-/m0/s1. The van der Waals surface area contributed by atoms with Gasteiger partial charge in [0.25, 0.3) is 0 Å². The Labute approximate surface area is 193 Å². The number of aliphatic carboxylic acids is 1. The summed E-state index contributed by atoms with van der Waals surface area (Å²) in [4.78, 5) is 19.8. The molecule has 0 saturated heterocycles. The average Bonchev–Trinajstić information content (AvgIpc) is 3.46. The van der Waals surface area contributed by atoms with Crippen LogP contribution in [0, 0.1) is 17.6 Å². The van der Waals surface area contributed by atoms with Crippen LogP contribution >= 0.6 is 0 Å². The number of benzene rings is 1. The molecule has 176 valence electrons. The number of nitrogens with one attached hydrogen (secondary N) is 1. The van der Waals surface area contributed by atoms with E-state index < -0.39 is 17.8 Å². The summed E-state index contributed by atoms with van der Waals surface area (Å²) in [6.45, 7) is 3.83. The summed E-state index contributed by atoms with van der Waals surface area (Å²) < 4.78 is 35.1. The van der Waals surface area contributed by atoms with E-state index in [0.717, 1.165) is 6.20 Å². The molecule has 4 aromatic rings. The van der Waals surface area contributed by atoms with Gasteiger partial charge in [0.05, 0.1) is 18.4 Å². The monoisotopic (exact) mass is 468 g/mol. The second-order valence-electron chi connectivity index (χ2n) is 8.10. The lowest BCUT2D eigenvalue weighted by molar-refractivity contribution is -0.138. The van der Waals surface area contributed by atoms with Gasteiger partial charge in [-0.1, -0.05) is 37.2 Å². The summed E-state index contributed by atoms with van der Waals surface area (Å²) in [6.07, 6.45) is 2.62. The van der Waals surface area contributed by atoms with Crippen LogP contribution in [0.5, 0.6) is 0 Å². The van der Waals surface area contributed by atoms with Crippen molar-refractivity contribution in [1.82, 2.24) is 24.9 Å². The van der Waals surface area contributed by atoms with Gasteiger partial charge in [-0.3, -0.25) is 4.68 Å². The van der Waals surface area contributed by atoms with Crippen molar-refractivity contribution in [2.75, 3.05) is 5.32 Å². The lowest BCUT2D eigenvalue weighted by atomic mass is 10.0. The number of nitrogens with zero attached hydrogens (tertiary/aromatic N) is 5. The van der Waals surface area contributed by atoms with Gasteiger partial charge >= 0.3 is 5.97 Å². The third-order valence-electron chi connectivity index (χ3n) is 5.05. The third-order valence-corrected chi connectivity index (χ3v) is 5.05. The van der Waals surface area contributed by atoms with Crippen molar-refractivity contribution in [3.05, 3.63) is 66.1 Å². The molecular weight excluding hydrogens is 446 g/mol. The largest absolute Gasteiger partial charge is 0.480 e. The molecule has 9 nitrogen and oxygen atoms in total. The molecule has 0 amide bonds. The van der Waals surface area contributed by atoms with Crippen LogP contribution in [0.4, 0.5) is 14.6 Å². The fourth-order valence-electron chi connectivity index (χ4n) is 3.44. The van der Waals surface area contributed by atoms with E-state index in [-0.39, 0.29) is 42.0 Å². The summed E-state index contributed by atoms with van der Waals surface area (Å²) >= 11 is 0. The highest BCUT2D eigenvalue weighted by Crippen LogP contribution is 2.26. The fraction of sp³-hybridized carbons (Fsp3) is 0.261. The van der Waals surface area contributed by atoms with Gasteiger partial charge in [0.2, 0.25) is 0 Å². The summed E-state index contributed by atoms with van der Waals surface area (Å²) in [7, 11) is 0. The Morgan fingerprint density at radius 1 is 1.18 bits per heavy atom. The number of carboxylic acids is 1. The Morgan fingerprint density at radius 2 is 1.97 bits per heavy atom. The summed E-state index contributed by atoms with van der Waals surface area (Å²) in [5, 5.41) is 20.5. The van der Waals surface area contributed by atoms with E-state index in [2.05, 4.69) is 25.5 Å². The maximum atomic E-state index is 14.4. The number of anilines is 1. The predicted octanol–water partition coefficient (Wildman–Crippen LogP) is 4.23. The van der Waals surface area contributed by atoms with Crippen LogP contribution in [-0.2, 0) is 11.3 Å². The first-order valence-corrected chi connectivity index (χ1v) is 10.6. The quantitative estimate of drug-likeness (QED) is 0.375. The zero-order valence-electron chi connectivity index (χ0n) is 18.4. The molecule has 0 bridgehead atoms. The zero-order valence-corrected chi connectivity index (χ0v) is 18.4. The van der Waals surface area contributed by atoms with Crippen molar-refractivity contribution >= 4 is 11.8 Å². The second kappa shape index (κ2) is 9.77. The molecule has 4 rings (SSSR count). The van der Waals surface area contributed by atoms with E-state index in [9.17, 15) is 18.7 Å². The Hall–Kier alpha value is -4.15. The fourth-order valence-corrected chi connectivity index (χ4v) is 3.44. The van der Waals surface area contributed by atoms with Gasteiger partial charge in [0.15, 0.2) is 17.5 Å². The first-order chi connectivity index (χ1) is 16.3. The zero-order chi connectivity index (χ0) is 24.2. The smallest absolute Gasteiger partial charge is 0.326 e. The number of carboxylic acid groups (broad SMARTS) is 1. The molecule has 2 N–H and O–H groups in total. The third kappa shape index (κ3) is 5.08. The van der Waals surface area contributed by atoms with Crippen molar-refractivity contribution in [3.8, 4) is 22.9 Å². The van der Waals surface area contributed by atoms with Gasteiger partial charge in [0, 0.05) is 11.6 Å². The van der Waals surface area contributed by atoms with Crippen LogP contribution in [0.2, 0.25) is 0 Å². The van der Waals surface area contributed by atoms with Crippen molar-refractivity contribution in [1.29, 1.82) is 0 Å². The Morgan fingerprint density at radius 3 is 2.65 bits per heavy atom. The molecule has 3 heterocycles. The van der Waals surface area contributed by atoms with Gasteiger partial charge in [-0.05, 0) is 24.5 Å². The number of hydrogen-bond donors (Lipinski definition) is 2. The van der Waals surface area contributed by atoms with E-state index in [4.69, 9.17) is 4.52 Å². The minimum absolute atomic E-state index is 0.0645. The maximum Gasteiger partial charge on any atom is 0.326 e. The van der Waals surface area contributed by atoms with Gasteiger partial charge in [-0.2, -0.15) is 5.10 Å². The van der Waals surface area contributed by atoms with Crippen LogP contribution < -0.4 is 5.32 Å². The number of aromatic nitrogens is 5. The molecular formula is C23H22F2N6O3. The van der Waals surface area contributed by atoms with Gasteiger partial charge in [-0.25, -0.2) is 23.5 Å². The summed E-state index contributed by atoms with van der Waals surface area (Å²) in [5.74, 6) is -2.41. The molecule has 1 atom stereocenters. The van der Waals surface area contributed by atoms with E-state index in [1.807, 2.05) is 13.8 Å². The molecule has 1 aromatic carbocycles. The molecule has 0 radical (unpaired) electrons. The Balaban J connectivity index is 1.71. The molecule has 0 aliphatic carbocycles. The van der Waals surface area contributed by atoms with Gasteiger partial charge in [-0.15, -0.1) is 0 Å². The highest BCUT2D eigenvalue weighted by molar-refractivity contribution is 5.77. The molecule has 0 fully saturated rings. The second-order valence-corrected chi connectivity index (χ2v) is 8.10. The van der Waals surface area contributed by atoms with E-state index in [1.54, 1.807) is 30.3 Å². The molecule has 3 aromatic heterocycles. The molecule has 11 heteroatoms. The lowest BCUT2D eigenvalue weighted by Crippen LogP contribution is -2.31. The summed E-state index contributed by atoms with van der Waals surface area (Å²) in [6, 6.07) is 8.53. The van der Waals surface area contributed by atoms with Crippen LogP contribution in [0.25, 0.3) is 22.9 Å².